The first-order chi connectivity index (χ1) is 29.7. The lowest BCUT2D eigenvalue weighted by Gasteiger charge is -2.40. The number of aliphatic hydroxyl groups excluding tert-OH is 6. The first-order valence-corrected chi connectivity index (χ1v) is 25.5. The molecule has 0 spiro atoms. The minimum Gasteiger partial charge on any atom is -0.394 e. The Labute approximate surface area is 372 Å². The Morgan fingerprint density at radius 1 is 0.541 bits per heavy atom. The summed E-state index contributed by atoms with van der Waals surface area (Å²) in [6.45, 7) is 4.25. The normalized spacial score (nSPS) is 20.7. The maximum Gasteiger partial charge on any atom is 0.220 e. The van der Waals surface area contributed by atoms with Crippen molar-refractivity contribution in [3.63, 3.8) is 0 Å². The van der Waals surface area contributed by atoms with E-state index in [1.54, 1.807) is 0 Å². The Kier molecular flexibility index (Phi) is 37.9. The van der Waals surface area contributed by atoms with Gasteiger partial charge in [-0.25, -0.2) is 0 Å². The third-order valence-electron chi connectivity index (χ3n) is 12.5. The van der Waals surface area contributed by atoms with Gasteiger partial charge in [-0.05, 0) is 25.7 Å². The van der Waals surface area contributed by atoms with Crippen LogP contribution < -0.4 is 10.6 Å². The van der Waals surface area contributed by atoms with Crippen molar-refractivity contribution in [2.24, 2.45) is 0 Å². The van der Waals surface area contributed by atoms with Crippen LogP contribution in [-0.2, 0) is 19.1 Å². The summed E-state index contributed by atoms with van der Waals surface area (Å²) in [5.74, 6) is -0.154. The van der Waals surface area contributed by atoms with Crippen LogP contribution in [-0.4, -0.2) is 111 Å². The van der Waals surface area contributed by atoms with E-state index in [-0.39, 0.29) is 24.8 Å². The van der Waals surface area contributed by atoms with Crippen LogP contribution in [0.15, 0.2) is 0 Å². The molecular weight excluding hydrogens is 777 g/mol. The van der Waals surface area contributed by atoms with Crippen LogP contribution >= 0.6 is 0 Å². The van der Waals surface area contributed by atoms with Crippen molar-refractivity contribution < 1.29 is 49.7 Å². The van der Waals surface area contributed by atoms with Gasteiger partial charge in [-0.2, -0.15) is 0 Å². The highest BCUT2D eigenvalue weighted by Crippen LogP contribution is 2.23. The van der Waals surface area contributed by atoms with Crippen LogP contribution in [0.1, 0.15) is 232 Å². The molecule has 0 bridgehead atoms. The van der Waals surface area contributed by atoms with Crippen molar-refractivity contribution in [2.45, 2.75) is 281 Å². The van der Waals surface area contributed by atoms with Gasteiger partial charge in [0, 0.05) is 19.4 Å². The second-order valence-electron chi connectivity index (χ2n) is 18.2. The van der Waals surface area contributed by atoms with E-state index in [4.69, 9.17) is 9.47 Å². The molecule has 0 aromatic heterocycles. The number of carbonyl (C=O) groups excluding carboxylic acids is 2. The Bertz CT molecular complexity index is 1010. The van der Waals surface area contributed by atoms with Gasteiger partial charge >= 0.3 is 0 Å². The van der Waals surface area contributed by atoms with Gasteiger partial charge in [-0.3, -0.25) is 9.59 Å². The number of rotatable bonds is 43. The van der Waals surface area contributed by atoms with E-state index in [0.29, 0.717) is 25.8 Å². The lowest BCUT2D eigenvalue weighted by Crippen LogP contribution is -2.60. The number of unbranched alkanes of at least 4 members (excludes halogenated alkanes) is 28. The lowest BCUT2D eigenvalue weighted by atomic mass is 9.98. The van der Waals surface area contributed by atoms with Crippen molar-refractivity contribution in [3.05, 3.63) is 0 Å². The summed E-state index contributed by atoms with van der Waals surface area (Å²) < 4.78 is 11.1. The summed E-state index contributed by atoms with van der Waals surface area (Å²) in [7, 11) is 0. The fourth-order valence-corrected chi connectivity index (χ4v) is 8.28. The molecule has 1 aliphatic rings. The van der Waals surface area contributed by atoms with Gasteiger partial charge in [0.1, 0.15) is 30.5 Å². The summed E-state index contributed by atoms with van der Waals surface area (Å²) in [6, 6.07) is -1.02. The van der Waals surface area contributed by atoms with Crippen LogP contribution in [0, 0.1) is 0 Å². The first kappa shape index (κ1) is 57.6. The molecule has 2 amide bonds. The predicted octanol–water partition coefficient (Wildman–Crippen LogP) is 8.43. The molecule has 1 aliphatic heterocycles. The number of hydrogen-bond donors (Lipinski definition) is 8. The molecule has 362 valence electrons. The maximum atomic E-state index is 13.0. The van der Waals surface area contributed by atoms with E-state index >= 15 is 0 Å². The molecule has 1 fully saturated rings. The molecular formula is C49H96N2O10. The second kappa shape index (κ2) is 40.2. The average Bonchev–Trinajstić information content (AvgIpc) is 3.25. The number of nitrogens with one attached hydrogen (secondary N) is 2. The molecule has 1 saturated heterocycles. The fraction of sp³-hybridized carbons (Fsp3) is 0.959. The van der Waals surface area contributed by atoms with Crippen LogP contribution in [0.3, 0.4) is 0 Å². The smallest absolute Gasteiger partial charge is 0.220 e. The summed E-state index contributed by atoms with van der Waals surface area (Å²) in [5, 5.41) is 68.2. The van der Waals surface area contributed by atoms with Crippen molar-refractivity contribution in [2.75, 3.05) is 19.8 Å². The SMILES string of the molecule is CCCCCCCCCCCCCCCC(=O)NCCCCCCCCC(=O)N[C@@H](CO[C@H]1O[C@H](CO)[C@H](O)[C@H](O)[C@H]1O)[C@H](O)[C@H](O)CCCCCCCCCCCCCC. The molecule has 0 aromatic carbocycles. The van der Waals surface area contributed by atoms with Crippen LogP contribution in [0.2, 0.25) is 0 Å². The van der Waals surface area contributed by atoms with Gasteiger partial charge < -0.3 is 50.7 Å². The van der Waals surface area contributed by atoms with E-state index in [0.717, 1.165) is 70.6 Å². The maximum absolute atomic E-state index is 13.0. The Balaban J connectivity index is 2.30. The molecule has 1 rings (SSSR count). The number of hydrogen-bond acceptors (Lipinski definition) is 10. The molecule has 8 N–H and O–H groups in total. The Morgan fingerprint density at radius 2 is 0.951 bits per heavy atom. The van der Waals surface area contributed by atoms with Crippen molar-refractivity contribution >= 4 is 11.8 Å². The van der Waals surface area contributed by atoms with E-state index in [1.807, 2.05) is 0 Å². The molecule has 61 heavy (non-hydrogen) atoms. The van der Waals surface area contributed by atoms with Crippen LogP contribution in [0.25, 0.3) is 0 Å². The zero-order chi connectivity index (χ0) is 44.8. The van der Waals surface area contributed by atoms with Gasteiger partial charge in [0.15, 0.2) is 6.29 Å². The highest BCUT2D eigenvalue weighted by Gasteiger charge is 2.44. The van der Waals surface area contributed by atoms with Gasteiger partial charge in [-0.1, -0.05) is 194 Å². The number of aliphatic hydroxyl groups is 6. The van der Waals surface area contributed by atoms with E-state index in [2.05, 4.69) is 24.5 Å². The van der Waals surface area contributed by atoms with Gasteiger partial charge in [0.2, 0.25) is 11.8 Å². The summed E-state index contributed by atoms with van der Waals surface area (Å²) in [5.41, 5.74) is 0. The molecule has 0 aromatic rings. The van der Waals surface area contributed by atoms with Crippen molar-refractivity contribution in [1.29, 1.82) is 0 Å². The molecule has 0 aliphatic carbocycles. The second-order valence-corrected chi connectivity index (χ2v) is 18.2. The zero-order valence-electron chi connectivity index (χ0n) is 39.1. The van der Waals surface area contributed by atoms with Crippen molar-refractivity contribution in [1.82, 2.24) is 10.6 Å². The predicted molar refractivity (Wildman–Crippen MR) is 245 cm³/mol. The lowest BCUT2D eigenvalue weighted by molar-refractivity contribution is -0.303. The topological polar surface area (TPSA) is 198 Å². The highest BCUT2D eigenvalue weighted by molar-refractivity contribution is 5.76. The monoisotopic (exact) mass is 873 g/mol. The third kappa shape index (κ3) is 30.4. The molecule has 0 saturated carbocycles. The molecule has 12 nitrogen and oxygen atoms in total. The van der Waals surface area contributed by atoms with Gasteiger partial charge in [-0.15, -0.1) is 0 Å². The molecule has 12 heteroatoms. The molecule has 8 atom stereocenters. The van der Waals surface area contributed by atoms with Gasteiger partial charge in [0.05, 0.1) is 25.4 Å². The largest absolute Gasteiger partial charge is 0.394 e. The number of amides is 2. The van der Waals surface area contributed by atoms with E-state index in [1.165, 1.54) is 122 Å². The van der Waals surface area contributed by atoms with E-state index < -0.39 is 55.6 Å². The third-order valence-corrected chi connectivity index (χ3v) is 12.5. The summed E-state index contributed by atoms with van der Waals surface area (Å²) >= 11 is 0. The van der Waals surface area contributed by atoms with Crippen LogP contribution in [0.4, 0.5) is 0 Å². The highest BCUT2D eigenvalue weighted by atomic mass is 16.7. The van der Waals surface area contributed by atoms with Crippen molar-refractivity contribution in [3.8, 4) is 0 Å². The first-order valence-electron chi connectivity index (χ1n) is 25.5. The fourth-order valence-electron chi connectivity index (χ4n) is 8.28. The summed E-state index contributed by atoms with van der Waals surface area (Å²) in [6.07, 6.45) is 27.8. The van der Waals surface area contributed by atoms with E-state index in [9.17, 15) is 40.2 Å². The minimum atomic E-state index is -1.62. The minimum absolute atomic E-state index is 0.146. The number of ether oxygens (including phenoxy) is 2. The average molecular weight is 873 g/mol. The van der Waals surface area contributed by atoms with Crippen LogP contribution in [0.5, 0.6) is 0 Å². The standard InChI is InChI=1S/C49H96N2O10/c1-3-5-7-9-11-13-15-17-19-21-23-27-31-35-43(54)50-37-33-29-25-24-28-32-36-44(55)51-40(39-60-49-48(59)47(58)46(57)42(38-52)61-49)45(56)41(53)34-30-26-22-20-18-16-14-12-10-8-6-4-2/h40-42,45-49,52-53,56-59H,3-39H2,1-2H3,(H,50,54)(H,51,55)/t40-,41+,42+,45-,46-,47-,48+,49-/m0/s1. The summed E-state index contributed by atoms with van der Waals surface area (Å²) in [4.78, 5) is 25.3. The van der Waals surface area contributed by atoms with Gasteiger partial charge in [0.25, 0.3) is 0 Å². The Morgan fingerprint density at radius 3 is 1.41 bits per heavy atom. The Hall–Kier alpha value is -1.38. The molecule has 0 unspecified atom stereocenters. The molecule has 1 heterocycles. The molecule has 0 radical (unpaired) electrons. The number of carbonyl (C=O) groups is 2. The quantitative estimate of drug-likeness (QED) is 0.0275. The zero-order valence-corrected chi connectivity index (χ0v) is 39.1.